The molecule has 2 N–H and O–H groups in total. The first-order chi connectivity index (χ1) is 19.2. The Hall–Kier alpha value is -2.55. The normalized spacial score (nSPS) is 30.4. The minimum Gasteiger partial charge on any atom is -0.487 e. The zero-order valence-electron chi connectivity index (χ0n) is 23.3. The second-order valence-electron chi connectivity index (χ2n) is 11.3. The van der Waals surface area contributed by atoms with Crippen LogP contribution in [0.4, 0.5) is 5.69 Å². The molecule has 0 radical (unpaired) electrons. The van der Waals surface area contributed by atoms with Gasteiger partial charge in [0.15, 0.2) is 0 Å². The third-order valence-corrected chi connectivity index (χ3v) is 10.8. The monoisotopic (exact) mass is 587 g/mol. The molecule has 5 atom stereocenters. The number of nitrogens with one attached hydrogen (secondary N) is 1. The molecule has 2 aromatic rings. The van der Waals surface area contributed by atoms with Crippen molar-refractivity contribution in [2.75, 3.05) is 25.1 Å². The van der Waals surface area contributed by atoms with Crippen LogP contribution in [0.25, 0.3) is 0 Å². The van der Waals surface area contributed by atoms with E-state index in [1.807, 2.05) is 30.3 Å². The number of carbonyl (C=O) groups is 1. The summed E-state index contributed by atoms with van der Waals surface area (Å²) in [5.41, 5.74) is 3.48. The van der Waals surface area contributed by atoms with E-state index in [4.69, 9.17) is 21.1 Å². The summed E-state index contributed by atoms with van der Waals surface area (Å²) in [4.78, 5) is 15.6. The zero-order chi connectivity index (χ0) is 28.3. The fourth-order valence-electron chi connectivity index (χ4n) is 6.03. The molecule has 1 saturated carbocycles. The van der Waals surface area contributed by atoms with Crippen LogP contribution in [0.1, 0.15) is 66.9 Å². The van der Waals surface area contributed by atoms with Crippen LogP contribution in [0.5, 0.6) is 5.75 Å². The first-order valence-corrected chi connectivity index (χ1v) is 16.3. The Balaban J connectivity index is 1.53. The largest absolute Gasteiger partial charge is 0.487 e. The summed E-state index contributed by atoms with van der Waals surface area (Å²) in [5.74, 6) is 0.982. The van der Waals surface area contributed by atoms with Gasteiger partial charge in [0.05, 0.1) is 11.8 Å². The van der Waals surface area contributed by atoms with Crippen LogP contribution in [0.3, 0.4) is 0 Å². The second-order valence-corrected chi connectivity index (χ2v) is 13.9. The maximum Gasteiger partial charge on any atom is 0.370 e. The lowest BCUT2D eigenvalue weighted by Gasteiger charge is -2.43. The SMILES string of the molecule is CO[C@H]1/C=C/CC[C@@H](C)S(=O)(=[OH+])NC(=O)c2ccc3c(c2)N(CCCCc2cc(Cl)ccc2CO3)C[C@@H]2CC[C@H]21. The van der Waals surface area contributed by atoms with E-state index in [2.05, 4.69) is 21.8 Å². The van der Waals surface area contributed by atoms with Crippen molar-refractivity contribution in [3.05, 3.63) is 70.3 Å². The highest BCUT2D eigenvalue weighted by Crippen LogP contribution is 2.41. The highest BCUT2D eigenvalue weighted by atomic mass is 35.5. The topological polar surface area (TPSA) is 89.3 Å². The first kappa shape index (κ1) is 29.0. The molecule has 1 fully saturated rings. The molecule has 7 nitrogen and oxygen atoms in total. The van der Waals surface area contributed by atoms with Crippen LogP contribution in [0.2, 0.25) is 5.02 Å². The highest BCUT2D eigenvalue weighted by molar-refractivity contribution is 7.90. The average Bonchev–Trinajstić information content (AvgIpc) is 2.94. The zero-order valence-corrected chi connectivity index (χ0v) is 24.9. The molecule has 2 bridgehead atoms. The standard InChI is InChI=1S/C31H39ClN2O5S/c1-21-7-3-4-9-29(38-2)27-14-11-24(27)19-34-16-6-5-8-22-17-26(32)13-10-25(22)20-39-30-15-12-23(18-28(30)34)31(35)33-40(21,36)37/h4,9-10,12-13,15,17-18,21,24,27,29H,3,5-8,11,14,16,19-20H2,1-2H3,(H,33,35,36,37)/p+1/b9-4+/t21-,24+,27-,29+/m1/s1. The van der Waals surface area contributed by atoms with E-state index in [0.29, 0.717) is 42.6 Å². The van der Waals surface area contributed by atoms with Crippen molar-refractivity contribution in [2.45, 2.75) is 69.8 Å². The van der Waals surface area contributed by atoms with Gasteiger partial charge < -0.3 is 14.4 Å². The van der Waals surface area contributed by atoms with E-state index >= 15 is 0 Å². The molecular formula is C31H40ClN2O5S+. The lowest BCUT2D eigenvalue weighted by Crippen LogP contribution is -2.44. The molecule has 1 unspecified atom stereocenters. The van der Waals surface area contributed by atoms with Gasteiger partial charge in [0.2, 0.25) is 0 Å². The number of ether oxygens (including phenoxy) is 2. The predicted octanol–water partition coefficient (Wildman–Crippen LogP) is 6.06. The Bertz CT molecular complexity index is 1360. The molecule has 5 rings (SSSR count). The molecule has 0 aromatic heterocycles. The Morgan fingerprint density at radius 3 is 2.75 bits per heavy atom. The van der Waals surface area contributed by atoms with Gasteiger partial charge in [-0.1, -0.05) is 29.8 Å². The number of nitrogens with zero attached hydrogens (tertiary/aromatic N) is 1. The Kier molecular flexibility index (Phi) is 9.08. The summed E-state index contributed by atoms with van der Waals surface area (Å²) in [6.07, 6.45) is 10.4. The lowest BCUT2D eigenvalue weighted by atomic mass is 9.70. The van der Waals surface area contributed by atoms with Crippen molar-refractivity contribution in [1.82, 2.24) is 4.72 Å². The van der Waals surface area contributed by atoms with Crippen molar-refractivity contribution in [1.29, 1.82) is 0 Å². The average molecular weight is 588 g/mol. The molecule has 40 heavy (non-hydrogen) atoms. The number of rotatable bonds is 1. The number of fused-ring (bicyclic) bond motifs is 3. The predicted molar refractivity (Wildman–Crippen MR) is 160 cm³/mol. The van der Waals surface area contributed by atoms with Crippen LogP contribution in [-0.2, 0) is 27.8 Å². The molecule has 1 aliphatic carbocycles. The van der Waals surface area contributed by atoms with Crippen molar-refractivity contribution in [3.63, 3.8) is 0 Å². The number of methoxy groups -OCH3 is 1. The molecule has 1 amide bonds. The van der Waals surface area contributed by atoms with Gasteiger partial charge in [-0.25, -0.2) is 8.93 Å². The second kappa shape index (κ2) is 12.5. The van der Waals surface area contributed by atoms with Crippen molar-refractivity contribution in [2.24, 2.45) is 11.8 Å². The molecule has 2 heterocycles. The molecule has 0 spiro atoms. The lowest BCUT2D eigenvalue weighted by molar-refractivity contribution is 0.0134. The van der Waals surface area contributed by atoms with Crippen LogP contribution in [0, 0.1) is 11.8 Å². The molecule has 9 heteroatoms. The maximum absolute atomic E-state index is 13.2. The maximum atomic E-state index is 13.2. The third kappa shape index (κ3) is 6.50. The van der Waals surface area contributed by atoms with E-state index in [1.165, 1.54) is 5.56 Å². The van der Waals surface area contributed by atoms with E-state index in [-0.39, 0.29) is 6.10 Å². The van der Waals surface area contributed by atoms with Crippen molar-refractivity contribution >= 4 is 33.2 Å². The summed E-state index contributed by atoms with van der Waals surface area (Å²) in [6.45, 7) is 3.73. The molecule has 216 valence electrons. The van der Waals surface area contributed by atoms with E-state index in [1.54, 1.807) is 20.1 Å². The summed E-state index contributed by atoms with van der Waals surface area (Å²) in [6, 6.07) is 11.3. The number of carbonyl (C=O) groups excluding carboxylic acids is 1. The minimum absolute atomic E-state index is 0.00498. The summed E-state index contributed by atoms with van der Waals surface area (Å²) < 4.78 is 38.5. The number of halogens is 1. The smallest absolute Gasteiger partial charge is 0.370 e. The minimum atomic E-state index is -3.58. The molecule has 2 aromatic carbocycles. The van der Waals surface area contributed by atoms with Crippen LogP contribution < -0.4 is 14.4 Å². The highest BCUT2D eigenvalue weighted by Gasteiger charge is 2.38. The summed E-state index contributed by atoms with van der Waals surface area (Å²) in [7, 11) is -1.83. The number of anilines is 1. The molecule has 0 saturated heterocycles. The molecule has 2 aliphatic heterocycles. The van der Waals surface area contributed by atoms with E-state index in [0.717, 1.165) is 61.5 Å². The number of amides is 1. The van der Waals surface area contributed by atoms with E-state index in [9.17, 15) is 13.2 Å². The number of allylic oxidation sites excluding steroid dienone is 1. The molecular weight excluding hydrogens is 548 g/mol. The van der Waals surface area contributed by atoms with Gasteiger partial charge in [-0.05, 0) is 105 Å². The summed E-state index contributed by atoms with van der Waals surface area (Å²) in [5, 5.41) is 0.128. The van der Waals surface area contributed by atoms with Gasteiger partial charge >= 0.3 is 10.0 Å². The van der Waals surface area contributed by atoms with Gasteiger partial charge in [-0.15, -0.1) is 0 Å². The number of aryl methyl sites for hydroxylation is 1. The Morgan fingerprint density at radius 1 is 1.12 bits per heavy atom. The van der Waals surface area contributed by atoms with Gasteiger partial charge in [0.1, 0.15) is 17.6 Å². The van der Waals surface area contributed by atoms with Crippen LogP contribution >= 0.6 is 11.6 Å². The van der Waals surface area contributed by atoms with Crippen LogP contribution in [-0.4, -0.2) is 45.9 Å². The Labute approximate surface area is 242 Å². The first-order valence-electron chi connectivity index (χ1n) is 14.3. The van der Waals surface area contributed by atoms with E-state index < -0.39 is 21.2 Å². The van der Waals surface area contributed by atoms with Gasteiger partial charge in [0.25, 0.3) is 5.91 Å². The third-order valence-electron chi connectivity index (χ3n) is 8.71. The van der Waals surface area contributed by atoms with Crippen LogP contribution in [0.15, 0.2) is 48.6 Å². The fourth-order valence-corrected chi connectivity index (χ4v) is 7.26. The summed E-state index contributed by atoms with van der Waals surface area (Å²) >= 11 is 6.31. The van der Waals surface area contributed by atoms with Gasteiger partial charge in [-0.3, -0.25) is 4.79 Å². The number of hydrogen-bond donors (Lipinski definition) is 1. The number of benzene rings is 2. The Morgan fingerprint density at radius 2 is 1.98 bits per heavy atom. The molecule has 3 aliphatic rings. The van der Waals surface area contributed by atoms with Gasteiger partial charge in [-0.2, -0.15) is 4.21 Å². The number of hydrogen-bond acceptors (Lipinski definition) is 5. The van der Waals surface area contributed by atoms with Gasteiger partial charge in [0, 0.05) is 30.8 Å². The van der Waals surface area contributed by atoms with Crippen molar-refractivity contribution in [3.8, 4) is 5.75 Å². The quantitative estimate of drug-likeness (QED) is 0.324. The van der Waals surface area contributed by atoms with Crippen molar-refractivity contribution < 1.29 is 22.7 Å². The fraction of sp³-hybridized carbons (Fsp3) is 0.516.